The zero-order valence-corrected chi connectivity index (χ0v) is 9.86. The number of fused-ring (bicyclic) bond motifs is 1. The van der Waals surface area contributed by atoms with Gasteiger partial charge in [0.1, 0.15) is 17.1 Å². The van der Waals surface area contributed by atoms with E-state index in [1.807, 2.05) is 25.1 Å². The SMILES string of the molecule is CCOC(=O)COc1ccc2oc(C)cc2c1. The highest BCUT2D eigenvalue weighted by molar-refractivity contribution is 5.79. The van der Waals surface area contributed by atoms with Crippen LogP contribution >= 0.6 is 0 Å². The third kappa shape index (κ3) is 2.78. The molecule has 0 radical (unpaired) electrons. The topological polar surface area (TPSA) is 48.7 Å². The van der Waals surface area contributed by atoms with Gasteiger partial charge in [0.25, 0.3) is 0 Å². The summed E-state index contributed by atoms with van der Waals surface area (Å²) < 4.78 is 15.5. The normalized spacial score (nSPS) is 10.5. The van der Waals surface area contributed by atoms with Crippen molar-refractivity contribution in [2.45, 2.75) is 13.8 Å². The number of hydrogen-bond acceptors (Lipinski definition) is 4. The zero-order valence-electron chi connectivity index (χ0n) is 9.86. The summed E-state index contributed by atoms with van der Waals surface area (Å²) in [6.07, 6.45) is 0. The number of carbonyl (C=O) groups is 1. The molecule has 0 aliphatic heterocycles. The van der Waals surface area contributed by atoms with Crippen LogP contribution in [0.15, 0.2) is 28.7 Å². The largest absolute Gasteiger partial charge is 0.482 e. The molecule has 2 aromatic rings. The third-order valence-corrected chi connectivity index (χ3v) is 2.27. The fraction of sp³-hybridized carbons (Fsp3) is 0.308. The predicted molar refractivity (Wildman–Crippen MR) is 63.1 cm³/mol. The van der Waals surface area contributed by atoms with Gasteiger partial charge in [0.05, 0.1) is 6.61 Å². The van der Waals surface area contributed by atoms with Gasteiger partial charge in [-0.1, -0.05) is 0 Å². The maximum Gasteiger partial charge on any atom is 0.344 e. The second-order valence-corrected chi connectivity index (χ2v) is 3.65. The van der Waals surface area contributed by atoms with Gasteiger partial charge < -0.3 is 13.9 Å². The lowest BCUT2D eigenvalue weighted by atomic mass is 10.2. The average Bonchev–Trinajstić information content (AvgIpc) is 2.66. The Balaban J connectivity index is 2.06. The Kier molecular flexibility index (Phi) is 3.32. The van der Waals surface area contributed by atoms with Crippen LogP contribution in [0.3, 0.4) is 0 Å². The van der Waals surface area contributed by atoms with E-state index < -0.39 is 0 Å². The van der Waals surface area contributed by atoms with Crippen LogP contribution in [0.4, 0.5) is 0 Å². The number of esters is 1. The van der Waals surface area contributed by atoms with Gasteiger partial charge in [-0.05, 0) is 38.1 Å². The van der Waals surface area contributed by atoms with Crippen molar-refractivity contribution in [3.63, 3.8) is 0 Å². The molecule has 0 fully saturated rings. The number of carbonyl (C=O) groups excluding carboxylic acids is 1. The smallest absolute Gasteiger partial charge is 0.344 e. The molecule has 0 amide bonds. The van der Waals surface area contributed by atoms with E-state index in [0.717, 1.165) is 16.7 Å². The summed E-state index contributed by atoms with van der Waals surface area (Å²) in [5.74, 6) is 1.12. The van der Waals surface area contributed by atoms with Crippen molar-refractivity contribution in [2.75, 3.05) is 13.2 Å². The van der Waals surface area contributed by atoms with Crippen molar-refractivity contribution in [1.82, 2.24) is 0 Å². The van der Waals surface area contributed by atoms with Gasteiger partial charge in [-0.3, -0.25) is 0 Å². The highest BCUT2D eigenvalue weighted by Crippen LogP contribution is 2.23. The zero-order chi connectivity index (χ0) is 12.3. The highest BCUT2D eigenvalue weighted by atomic mass is 16.6. The standard InChI is InChI=1S/C13H14O4/c1-3-15-13(14)8-16-11-4-5-12-10(7-11)6-9(2)17-12/h4-7H,3,8H2,1-2H3. The van der Waals surface area contributed by atoms with Gasteiger partial charge in [0, 0.05) is 5.39 Å². The van der Waals surface area contributed by atoms with Gasteiger partial charge in [0.2, 0.25) is 0 Å². The number of hydrogen-bond donors (Lipinski definition) is 0. The van der Waals surface area contributed by atoms with Crippen molar-refractivity contribution in [1.29, 1.82) is 0 Å². The minimum Gasteiger partial charge on any atom is -0.482 e. The number of aryl methyl sites for hydroxylation is 1. The van der Waals surface area contributed by atoms with E-state index in [4.69, 9.17) is 13.9 Å². The van der Waals surface area contributed by atoms with Crippen LogP contribution in [0.2, 0.25) is 0 Å². The summed E-state index contributed by atoms with van der Waals surface area (Å²) in [4.78, 5) is 11.1. The molecule has 4 heteroatoms. The first-order valence-electron chi connectivity index (χ1n) is 5.47. The fourth-order valence-electron chi connectivity index (χ4n) is 1.59. The molecule has 0 unspecified atom stereocenters. The molecule has 2 rings (SSSR count). The lowest BCUT2D eigenvalue weighted by molar-refractivity contribution is -0.145. The number of furan rings is 1. The predicted octanol–water partition coefficient (Wildman–Crippen LogP) is 2.68. The molecule has 1 heterocycles. The Morgan fingerprint density at radius 3 is 2.94 bits per heavy atom. The van der Waals surface area contributed by atoms with Crippen molar-refractivity contribution < 1.29 is 18.7 Å². The first-order chi connectivity index (χ1) is 8.19. The lowest BCUT2D eigenvalue weighted by Crippen LogP contribution is -2.14. The molecule has 90 valence electrons. The second kappa shape index (κ2) is 4.91. The van der Waals surface area contributed by atoms with E-state index in [-0.39, 0.29) is 12.6 Å². The summed E-state index contributed by atoms with van der Waals surface area (Å²) in [6, 6.07) is 7.35. The first kappa shape index (κ1) is 11.5. The average molecular weight is 234 g/mol. The Bertz CT molecular complexity index is 527. The van der Waals surface area contributed by atoms with Crippen LogP contribution in [0.25, 0.3) is 11.0 Å². The van der Waals surface area contributed by atoms with Gasteiger partial charge in [-0.2, -0.15) is 0 Å². The molecular weight excluding hydrogens is 220 g/mol. The number of ether oxygens (including phenoxy) is 2. The monoisotopic (exact) mass is 234 g/mol. The van der Waals surface area contributed by atoms with Gasteiger partial charge in [-0.25, -0.2) is 4.79 Å². The van der Waals surface area contributed by atoms with Gasteiger partial charge in [-0.15, -0.1) is 0 Å². The van der Waals surface area contributed by atoms with Crippen LogP contribution in [0, 0.1) is 6.92 Å². The third-order valence-electron chi connectivity index (χ3n) is 2.27. The summed E-state index contributed by atoms with van der Waals surface area (Å²) in [5, 5.41) is 0.962. The molecule has 17 heavy (non-hydrogen) atoms. The molecule has 0 saturated carbocycles. The van der Waals surface area contributed by atoms with Crippen LogP contribution in [0.1, 0.15) is 12.7 Å². The maximum absolute atomic E-state index is 11.1. The van der Waals surface area contributed by atoms with E-state index in [1.54, 1.807) is 13.0 Å². The maximum atomic E-state index is 11.1. The fourth-order valence-corrected chi connectivity index (χ4v) is 1.59. The van der Waals surface area contributed by atoms with Gasteiger partial charge in [0.15, 0.2) is 6.61 Å². The van der Waals surface area contributed by atoms with Gasteiger partial charge >= 0.3 is 5.97 Å². The van der Waals surface area contributed by atoms with E-state index in [0.29, 0.717) is 12.4 Å². The number of rotatable bonds is 4. The first-order valence-corrected chi connectivity index (χ1v) is 5.47. The Hall–Kier alpha value is -1.97. The Morgan fingerprint density at radius 2 is 2.18 bits per heavy atom. The molecule has 0 spiro atoms. The minimum absolute atomic E-state index is 0.0732. The quantitative estimate of drug-likeness (QED) is 0.763. The van der Waals surface area contributed by atoms with Crippen LogP contribution in [-0.4, -0.2) is 19.2 Å². The Morgan fingerprint density at radius 1 is 1.35 bits per heavy atom. The lowest BCUT2D eigenvalue weighted by Gasteiger charge is -2.05. The summed E-state index contributed by atoms with van der Waals surface area (Å²) >= 11 is 0. The van der Waals surface area contributed by atoms with Crippen molar-refractivity contribution in [2.24, 2.45) is 0 Å². The molecule has 0 aliphatic rings. The molecule has 4 nitrogen and oxygen atoms in total. The van der Waals surface area contributed by atoms with E-state index >= 15 is 0 Å². The van der Waals surface area contributed by atoms with Crippen LogP contribution < -0.4 is 4.74 Å². The van der Waals surface area contributed by atoms with Crippen molar-refractivity contribution >= 4 is 16.9 Å². The molecule has 1 aromatic carbocycles. The molecule has 0 N–H and O–H groups in total. The molecule has 0 saturated heterocycles. The molecular formula is C13H14O4. The van der Waals surface area contributed by atoms with E-state index in [9.17, 15) is 4.79 Å². The summed E-state index contributed by atoms with van der Waals surface area (Å²) in [6.45, 7) is 3.94. The number of benzene rings is 1. The molecule has 1 aromatic heterocycles. The minimum atomic E-state index is -0.365. The second-order valence-electron chi connectivity index (χ2n) is 3.65. The van der Waals surface area contributed by atoms with Crippen LogP contribution in [0.5, 0.6) is 5.75 Å². The Labute approximate surface area is 99.1 Å². The molecule has 0 aliphatic carbocycles. The van der Waals surface area contributed by atoms with Crippen molar-refractivity contribution in [3.05, 3.63) is 30.0 Å². The molecule has 0 atom stereocenters. The van der Waals surface area contributed by atoms with Crippen LogP contribution in [-0.2, 0) is 9.53 Å². The highest BCUT2D eigenvalue weighted by Gasteiger charge is 2.05. The van der Waals surface area contributed by atoms with Crippen molar-refractivity contribution in [3.8, 4) is 5.75 Å². The molecule has 0 bridgehead atoms. The van der Waals surface area contributed by atoms with E-state index in [1.165, 1.54) is 0 Å². The summed E-state index contributed by atoms with van der Waals surface area (Å²) in [5.41, 5.74) is 0.811. The van der Waals surface area contributed by atoms with E-state index in [2.05, 4.69) is 0 Å². The summed E-state index contributed by atoms with van der Waals surface area (Å²) in [7, 11) is 0.